The number of carbonyl (C=O) groups is 1. The summed E-state index contributed by atoms with van der Waals surface area (Å²) < 4.78 is 2.39. The highest BCUT2D eigenvalue weighted by Crippen LogP contribution is 2.13. The fraction of sp³-hybridized carbons (Fsp3) is 0.261. The SMILES string of the molecule is CC(CNC(=O)Cn1c(=O)ccn(Cc2ccccc2)c1=O)N(C)c1ccccc1. The Bertz CT molecular complexity index is 1090. The minimum atomic E-state index is -0.504. The van der Waals surface area contributed by atoms with E-state index in [0.29, 0.717) is 13.1 Å². The van der Waals surface area contributed by atoms with Crippen molar-refractivity contribution >= 4 is 11.6 Å². The summed E-state index contributed by atoms with van der Waals surface area (Å²) in [5, 5.41) is 2.82. The van der Waals surface area contributed by atoms with Gasteiger partial charge in [0.25, 0.3) is 5.56 Å². The summed E-state index contributed by atoms with van der Waals surface area (Å²) in [6.45, 7) is 2.41. The largest absolute Gasteiger partial charge is 0.370 e. The van der Waals surface area contributed by atoms with Gasteiger partial charge in [-0.3, -0.25) is 18.7 Å². The molecule has 3 rings (SSSR count). The molecule has 0 saturated carbocycles. The van der Waals surface area contributed by atoms with Gasteiger partial charge >= 0.3 is 5.69 Å². The fourth-order valence-corrected chi connectivity index (χ4v) is 3.12. The first-order valence-electron chi connectivity index (χ1n) is 9.84. The maximum absolute atomic E-state index is 12.7. The zero-order valence-electron chi connectivity index (χ0n) is 17.2. The van der Waals surface area contributed by atoms with Gasteiger partial charge in [0.05, 0.1) is 6.54 Å². The molecule has 1 aromatic heterocycles. The molecule has 0 saturated heterocycles. The number of nitrogens with zero attached hydrogens (tertiary/aromatic N) is 3. The molecule has 0 aliphatic rings. The van der Waals surface area contributed by atoms with Gasteiger partial charge in [-0.2, -0.15) is 0 Å². The van der Waals surface area contributed by atoms with Gasteiger partial charge in [-0.05, 0) is 24.6 Å². The number of nitrogens with one attached hydrogen (secondary N) is 1. The predicted molar refractivity (Wildman–Crippen MR) is 118 cm³/mol. The lowest BCUT2D eigenvalue weighted by molar-refractivity contribution is -0.121. The van der Waals surface area contributed by atoms with Crippen LogP contribution in [0.25, 0.3) is 0 Å². The molecular formula is C23H26N4O3. The number of carbonyl (C=O) groups excluding carboxylic acids is 1. The van der Waals surface area contributed by atoms with Gasteiger partial charge in [0.15, 0.2) is 0 Å². The van der Waals surface area contributed by atoms with Crippen LogP contribution in [0.1, 0.15) is 12.5 Å². The molecule has 0 radical (unpaired) electrons. The number of rotatable bonds is 8. The second-order valence-electron chi connectivity index (χ2n) is 7.24. The normalized spacial score (nSPS) is 11.7. The van der Waals surface area contributed by atoms with Gasteiger partial charge in [0.1, 0.15) is 6.54 Å². The lowest BCUT2D eigenvalue weighted by atomic mass is 10.2. The summed E-state index contributed by atoms with van der Waals surface area (Å²) in [5.74, 6) is -0.375. The maximum atomic E-state index is 12.7. The molecule has 0 spiro atoms. The Morgan fingerprint density at radius 3 is 2.30 bits per heavy atom. The van der Waals surface area contributed by atoms with Crippen LogP contribution in [0.4, 0.5) is 5.69 Å². The Kier molecular flexibility index (Phi) is 6.85. The van der Waals surface area contributed by atoms with Crippen molar-refractivity contribution in [3.63, 3.8) is 0 Å². The predicted octanol–water partition coefficient (Wildman–Crippen LogP) is 1.70. The van der Waals surface area contributed by atoms with E-state index in [0.717, 1.165) is 15.8 Å². The molecule has 2 aromatic carbocycles. The van der Waals surface area contributed by atoms with E-state index in [9.17, 15) is 14.4 Å². The van der Waals surface area contributed by atoms with Crippen LogP contribution in [0.3, 0.4) is 0 Å². The second kappa shape index (κ2) is 9.73. The summed E-state index contributed by atoms with van der Waals surface area (Å²) in [6.07, 6.45) is 1.46. The summed E-state index contributed by atoms with van der Waals surface area (Å²) >= 11 is 0. The first kappa shape index (κ1) is 21.1. The third-order valence-corrected chi connectivity index (χ3v) is 5.06. The number of aromatic nitrogens is 2. The van der Waals surface area contributed by atoms with Crippen LogP contribution in [0, 0.1) is 0 Å². The van der Waals surface area contributed by atoms with E-state index in [4.69, 9.17) is 0 Å². The summed E-state index contributed by atoms with van der Waals surface area (Å²) in [7, 11) is 1.95. The molecule has 1 heterocycles. The number of anilines is 1. The molecule has 1 atom stereocenters. The monoisotopic (exact) mass is 406 g/mol. The molecule has 0 aliphatic carbocycles. The molecule has 0 fully saturated rings. The molecule has 0 aliphatic heterocycles. The maximum Gasteiger partial charge on any atom is 0.331 e. The van der Waals surface area contributed by atoms with Crippen LogP contribution in [-0.4, -0.2) is 34.7 Å². The summed E-state index contributed by atoms with van der Waals surface area (Å²) in [4.78, 5) is 39.3. The zero-order valence-corrected chi connectivity index (χ0v) is 17.2. The lowest BCUT2D eigenvalue weighted by Crippen LogP contribution is -2.45. The quantitative estimate of drug-likeness (QED) is 0.618. The minimum absolute atomic E-state index is 0.0404. The highest BCUT2D eigenvalue weighted by molar-refractivity contribution is 5.75. The van der Waals surface area contributed by atoms with Crippen LogP contribution in [0.5, 0.6) is 0 Å². The topological polar surface area (TPSA) is 76.3 Å². The molecule has 1 N–H and O–H groups in total. The number of hydrogen-bond acceptors (Lipinski definition) is 4. The second-order valence-corrected chi connectivity index (χ2v) is 7.24. The highest BCUT2D eigenvalue weighted by Gasteiger charge is 2.14. The van der Waals surface area contributed by atoms with Crippen molar-refractivity contribution in [3.05, 3.63) is 99.3 Å². The fourth-order valence-electron chi connectivity index (χ4n) is 3.12. The molecule has 1 unspecified atom stereocenters. The number of likely N-dealkylation sites (N-methyl/N-ethyl adjacent to an activating group) is 1. The molecule has 156 valence electrons. The molecule has 1 amide bonds. The standard InChI is InChI=1S/C23H26N4O3/c1-18(25(2)20-11-7-4-8-12-20)15-24-21(28)17-27-22(29)13-14-26(23(27)30)16-19-9-5-3-6-10-19/h3-14,18H,15-17H2,1-2H3,(H,24,28). The first-order valence-corrected chi connectivity index (χ1v) is 9.84. The van der Waals surface area contributed by atoms with Crippen molar-refractivity contribution in [3.8, 4) is 0 Å². The average Bonchev–Trinajstić information content (AvgIpc) is 2.77. The molecular weight excluding hydrogens is 380 g/mol. The number of para-hydroxylation sites is 1. The van der Waals surface area contributed by atoms with E-state index in [1.165, 1.54) is 16.8 Å². The van der Waals surface area contributed by atoms with Gasteiger partial charge < -0.3 is 10.2 Å². The molecule has 3 aromatic rings. The number of amides is 1. The molecule has 7 nitrogen and oxygen atoms in total. The Hall–Kier alpha value is -3.61. The highest BCUT2D eigenvalue weighted by atomic mass is 16.2. The van der Waals surface area contributed by atoms with Gasteiger partial charge in [0.2, 0.25) is 5.91 Å². The smallest absolute Gasteiger partial charge is 0.331 e. The third kappa shape index (κ3) is 5.26. The van der Waals surface area contributed by atoms with Gasteiger partial charge in [-0.1, -0.05) is 48.5 Å². The summed E-state index contributed by atoms with van der Waals surface area (Å²) in [6, 6.07) is 20.7. The minimum Gasteiger partial charge on any atom is -0.370 e. The molecule has 0 bridgehead atoms. The van der Waals surface area contributed by atoms with Crippen LogP contribution in [0.15, 0.2) is 82.5 Å². The average molecular weight is 406 g/mol. The first-order chi connectivity index (χ1) is 14.5. The van der Waals surface area contributed by atoms with E-state index < -0.39 is 11.2 Å². The van der Waals surface area contributed by atoms with Gasteiger partial charge in [-0.25, -0.2) is 4.79 Å². The van der Waals surface area contributed by atoms with Crippen LogP contribution in [-0.2, 0) is 17.9 Å². The number of benzene rings is 2. The van der Waals surface area contributed by atoms with E-state index in [1.54, 1.807) is 0 Å². The van der Waals surface area contributed by atoms with Crippen molar-refractivity contribution in [1.82, 2.24) is 14.5 Å². The Morgan fingerprint density at radius 2 is 1.63 bits per heavy atom. The van der Waals surface area contributed by atoms with E-state index in [-0.39, 0.29) is 18.5 Å². The Balaban J connectivity index is 1.64. The van der Waals surface area contributed by atoms with Crippen LogP contribution >= 0.6 is 0 Å². The molecule has 30 heavy (non-hydrogen) atoms. The lowest BCUT2D eigenvalue weighted by Gasteiger charge is -2.27. The third-order valence-electron chi connectivity index (χ3n) is 5.06. The van der Waals surface area contributed by atoms with E-state index in [2.05, 4.69) is 10.2 Å². The zero-order chi connectivity index (χ0) is 21.5. The Morgan fingerprint density at radius 1 is 1.00 bits per heavy atom. The molecule has 7 heteroatoms. The van der Waals surface area contributed by atoms with Crippen LogP contribution < -0.4 is 21.5 Å². The van der Waals surface area contributed by atoms with Gasteiger partial charge in [-0.15, -0.1) is 0 Å². The van der Waals surface area contributed by atoms with E-state index in [1.807, 2.05) is 74.6 Å². The summed E-state index contributed by atoms with van der Waals surface area (Å²) in [5.41, 5.74) is 0.985. The Labute approximate surface area is 175 Å². The van der Waals surface area contributed by atoms with Crippen molar-refractivity contribution in [2.75, 3.05) is 18.5 Å². The number of hydrogen-bond donors (Lipinski definition) is 1. The van der Waals surface area contributed by atoms with Crippen molar-refractivity contribution in [2.24, 2.45) is 0 Å². The van der Waals surface area contributed by atoms with Crippen LogP contribution in [0.2, 0.25) is 0 Å². The van der Waals surface area contributed by atoms with E-state index >= 15 is 0 Å². The van der Waals surface area contributed by atoms with Gasteiger partial charge in [0, 0.05) is 37.6 Å². The van der Waals surface area contributed by atoms with Crippen molar-refractivity contribution < 1.29 is 4.79 Å². The van der Waals surface area contributed by atoms with Crippen molar-refractivity contribution in [2.45, 2.75) is 26.1 Å². The van der Waals surface area contributed by atoms with Crippen molar-refractivity contribution in [1.29, 1.82) is 0 Å².